The van der Waals surface area contributed by atoms with Crippen molar-refractivity contribution in [3.63, 3.8) is 0 Å². The standard InChI is InChI=1S/C25H26FN3OS/c1-6-29-21-13-20(26)17(11-19(21)16(3)14-25(29,4)5)12-22-23(30)28-24(31-22)27-18-9-7-8-15(2)10-18/h7-14H,6H2,1-5H3,(H,27,28,30)/b22-12+. The van der Waals surface area contributed by atoms with Crippen molar-refractivity contribution in [2.75, 3.05) is 11.4 Å². The van der Waals surface area contributed by atoms with Crippen LogP contribution in [0.5, 0.6) is 0 Å². The van der Waals surface area contributed by atoms with Crippen molar-refractivity contribution in [2.45, 2.75) is 40.2 Å². The van der Waals surface area contributed by atoms with Gasteiger partial charge in [0.15, 0.2) is 5.17 Å². The van der Waals surface area contributed by atoms with Crippen LogP contribution < -0.4 is 10.2 Å². The minimum absolute atomic E-state index is 0.180. The Morgan fingerprint density at radius 2 is 2.00 bits per heavy atom. The largest absolute Gasteiger partial charge is 0.363 e. The second-order valence-electron chi connectivity index (χ2n) is 8.44. The first-order valence-corrected chi connectivity index (χ1v) is 11.2. The van der Waals surface area contributed by atoms with Crippen LogP contribution >= 0.6 is 11.8 Å². The highest BCUT2D eigenvalue weighted by Gasteiger charge is 2.31. The molecule has 160 valence electrons. The Kier molecular flexibility index (Phi) is 5.52. The van der Waals surface area contributed by atoms with Gasteiger partial charge >= 0.3 is 0 Å². The number of allylic oxidation sites excluding steroid dienone is 1. The monoisotopic (exact) mass is 435 g/mol. The molecule has 4 rings (SSSR count). The molecular formula is C25H26FN3OS. The molecule has 0 saturated carbocycles. The van der Waals surface area contributed by atoms with Crippen molar-refractivity contribution < 1.29 is 9.18 Å². The van der Waals surface area contributed by atoms with Gasteiger partial charge < -0.3 is 10.2 Å². The van der Waals surface area contributed by atoms with E-state index in [1.54, 1.807) is 12.1 Å². The van der Waals surface area contributed by atoms with E-state index in [2.05, 4.69) is 42.1 Å². The van der Waals surface area contributed by atoms with E-state index >= 15 is 4.39 Å². The summed E-state index contributed by atoms with van der Waals surface area (Å²) in [7, 11) is 0. The molecule has 1 N–H and O–H groups in total. The zero-order chi connectivity index (χ0) is 22.3. The van der Waals surface area contributed by atoms with Crippen LogP contribution in [0.2, 0.25) is 0 Å². The van der Waals surface area contributed by atoms with Gasteiger partial charge in [0, 0.05) is 23.4 Å². The minimum Gasteiger partial charge on any atom is -0.363 e. The van der Waals surface area contributed by atoms with Crippen molar-refractivity contribution >= 4 is 45.9 Å². The summed E-state index contributed by atoms with van der Waals surface area (Å²) in [6, 6.07) is 11.2. The molecule has 1 amide bonds. The van der Waals surface area contributed by atoms with E-state index in [-0.39, 0.29) is 17.3 Å². The number of amides is 1. The number of rotatable bonds is 3. The van der Waals surface area contributed by atoms with Gasteiger partial charge in [-0.25, -0.2) is 9.38 Å². The molecule has 2 aliphatic heterocycles. The lowest BCUT2D eigenvalue weighted by Crippen LogP contribution is -2.45. The van der Waals surface area contributed by atoms with Crippen LogP contribution in [0.4, 0.5) is 15.8 Å². The highest BCUT2D eigenvalue weighted by atomic mass is 32.2. The molecular weight excluding hydrogens is 409 g/mol. The number of nitrogens with one attached hydrogen (secondary N) is 1. The third-order valence-corrected chi connectivity index (χ3v) is 6.49. The highest BCUT2D eigenvalue weighted by molar-refractivity contribution is 8.18. The molecule has 2 aliphatic rings. The van der Waals surface area contributed by atoms with Crippen molar-refractivity contribution in [3.05, 3.63) is 69.9 Å². The van der Waals surface area contributed by atoms with Crippen molar-refractivity contribution in [3.8, 4) is 0 Å². The molecule has 2 heterocycles. The van der Waals surface area contributed by atoms with E-state index in [0.29, 0.717) is 15.6 Å². The SMILES string of the molecule is CCN1c2cc(F)c(/C=C3/SC(=Nc4cccc(C)c4)NC3=O)cc2C(C)=CC1(C)C. The van der Waals surface area contributed by atoms with Crippen LogP contribution in [0.3, 0.4) is 0 Å². The summed E-state index contributed by atoms with van der Waals surface area (Å²) in [5.41, 5.74) is 5.07. The summed E-state index contributed by atoms with van der Waals surface area (Å²) in [4.78, 5) is 19.6. The Morgan fingerprint density at radius 3 is 2.71 bits per heavy atom. The highest BCUT2D eigenvalue weighted by Crippen LogP contribution is 2.40. The number of amidine groups is 1. The predicted octanol–water partition coefficient (Wildman–Crippen LogP) is 6.05. The number of anilines is 1. The number of aliphatic imine (C=N–C) groups is 1. The van der Waals surface area contributed by atoms with E-state index in [4.69, 9.17) is 0 Å². The Labute approximate surface area is 186 Å². The van der Waals surface area contributed by atoms with Crippen molar-refractivity contribution in [1.29, 1.82) is 0 Å². The average Bonchev–Trinajstić information content (AvgIpc) is 3.01. The van der Waals surface area contributed by atoms with Gasteiger partial charge in [0.2, 0.25) is 0 Å². The summed E-state index contributed by atoms with van der Waals surface area (Å²) < 4.78 is 15.1. The number of carbonyl (C=O) groups is 1. The topological polar surface area (TPSA) is 44.7 Å². The third-order valence-electron chi connectivity index (χ3n) is 5.58. The fourth-order valence-electron chi connectivity index (χ4n) is 4.24. The number of halogens is 1. The van der Waals surface area contributed by atoms with E-state index in [1.807, 2.05) is 44.2 Å². The first kappa shape index (κ1) is 21.4. The number of carbonyl (C=O) groups excluding carboxylic acids is 1. The number of hydrogen-bond donors (Lipinski definition) is 1. The molecule has 0 unspecified atom stereocenters. The number of hydrogen-bond acceptors (Lipinski definition) is 4. The Morgan fingerprint density at radius 1 is 1.23 bits per heavy atom. The first-order chi connectivity index (χ1) is 14.7. The van der Waals surface area contributed by atoms with Gasteiger partial charge in [-0.15, -0.1) is 0 Å². The van der Waals surface area contributed by atoms with Crippen LogP contribution in [0.25, 0.3) is 11.6 Å². The molecule has 0 radical (unpaired) electrons. The number of likely N-dealkylation sites (N-methyl/N-ethyl adjacent to an activating group) is 1. The predicted molar refractivity (Wildman–Crippen MR) is 129 cm³/mol. The van der Waals surface area contributed by atoms with Gasteiger partial charge in [-0.05, 0) is 87.9 Å². The quantitative estimate of drug-likeness (QED) is 0.597. The molecule has 1 saturated heterocycles. The van der Waals surface area contributed by atoms with Gasteiger partial charge in [0.05, 0.1) is 16.1 Å². The van der Waals surface area contributed by atoms with Gasteiger partial charge in [-0.2, -0.15) is 0 Å². The fraction of sp³-hybridized carbons (Fsp3) is 0.280. The molecule has 1 fully saturated rings. The summed E-state index contributed by atoms with van der Waals surface area (Å²) in [5, 5.41) is 3.27. The lowest BCUT2D eigenvalue weighted by Gasteiger charge is -2.42. The first-order valence-electron chi connectivity index (χ1n) is 10.3. The summed E-state index contributed by atoms with van der Waals surface area (Å²) in [5.74, 6) is -0.607. The van der Waals surface area contributed by atoms with Crippen LogP contribution in [-0.4, -0.2) is 23.2 Å². The van der Waals surface area contributed by atoms with Crippen LogP contribution in [-0.2, 0) is 4.79 Å². The van der Waals surface area contributed by atoms with E-state index in [1.165, 1.54) is 11.8 Å². The zero-order valence-electron chi connectivity index (χ0n) is 18.4. The Hall–Kier alpha value is -2.86. The minimum atomic E-state index is -0.340. The normalized spacial score (nSPS) is 20.1. The number of fused-ring (bicyclic) bond motifs is 1. The second kappa shape index (κ2) is 8.00. The molecule has 0 atom stereocenters. The maximum atomic E-state index is 15.1. The number of aryl methyl sites for hydroxylation is 1. The molecule has 4 nitrogen and oxygen atoms in total. The molecule has 0 aliphatic carbocycles. The smallest absolute Gasteiger partial charge is 0.264 e. The second-order valence-corrected chi connectivity index (χ2v) is 9.47. The summed E-state index contributed by atoms with van der Waals surface area (Å²) >= 11 is 1.22. The Balaban J connectivity index is 1.68. The number of thioether (sulfide) groups is 1. The average molecular weight is 436 g/mol. The van der Waals surface area contributed by atoms with E-state index in [0.717, 1.165) is 34.6 Å². The molecule has 0 bridgehead atoms. The Bertz CT molecular complexity index is 1160. The van der Waals surface area contributed by atoms with Crippen LogP contribution in [0.1, 0.15) is 44.4 Å². The number of benzene rings is 2. The fourth-order valence-corrected chi connectivity index (χ4v) is 5.07. The van der Waals surface area contributed by atoms with Crippen LogP contribution in [0.15, 0.2) is 52.4 Å². The molecule has 31 heavy (non-hydrogen) atoms. The molecule has 2 aromatic rings. The van der Waals surface area contributed by atoms with Crippen molar-refractivity contribution in [1.82, 2.24) is 5.32 Å². The van der Waals surface area contributed by atoms with Crippen molar-refractivity contribution in [2.24, 2.45) is 4.99 Å². The summed E-state index contributed by atoms with van der Waals surface area (Å²) in [6.07, 6.45) is 3.81. The lowest BCUT2D eigenvalue weighted by molar-refractivity contribution is -0.115. The molecule has 2 aromatic carbocycles. The molecule has 6 heteroatoms. The van der Waals surface area contributed by atoms with Gasteiger partial charge in [-0.3, -0.25) is 4.79 Å². The summed E-state index contributed by atoms with van der Waals surface area (Å²) in [6.45, 7) is 11.2. The van der Waals surface area contributed by atoms with Crippen LogP contribution in [0, 0.1) is 12.7 Å². The third kappa shape index (κ3) is 4.17. The van der Waals surface area contributed by atoms with E-state index in [9.17, 15) is 4.79 Å². The lowest BCUT2D eigenvalue weighted by atomic mass is 9.88. The zero-order valence-corrected chi connectivity index (χ0v) is 19.2. The number of nitrogens with zero attached hydrogens (tertiary/aromatic N) is 2. The van der Waals surface area contributed by atoms with Gasteiger partial charge in [0.1, 0.15) is 5.82 Å². The molecule has 0 spiro atoms. The maximum Gasteiger partial charge on any atom is 0.264 e. The van der Waals surface area contributed by atoms with E-state index < -0.39 is 0 Å². The maximum absolute atomic E-state index is 15.1. The van der Waals surface area contributed by atoms with Gasteiger partial charge in [0.25, 0.3) is 5.91 Å². The van der Waals surface area contributed by atoms with Gasteiger partial charge in [-0.1, -0.05) is 18.2 Å². The molecule has 0 aromatic heterocycles.